The zero-order valence-corrected chi connectivity index (χ0v) is 17.7. The molecule has 1 fully saturated rings. The highest BCUT2D eigenvalue weighted by molar-refractivity contribution is 8.26. The van der Waals surface area contributed by atoms with Crippen LogP contribution in [0.1, 0.15) is 18.4 Å². The fourth-order valence-corrected chi connectivity index (χ4v) is 4.60. The third-order valence-electron chi connectivity index (χ3n) is 4.03. The fraction of sp³-hybridized carbons (Fsp3) is 0.150. The smallest absolute Gasteiger partial charge is 0.303 e. The van der Waals surface area contributed by atoms with Crippen LogP contribution in [0.5, 0.6) is 0 Å². The summed E-state index contributed by atoms with van der Waals surface area (Å²) in [6, 6.07) is 13.0. The number of carboxylic acid groups (broad SMARTS) is 1. The third-order valence-corrected chi connectivity index (χ3v) is 5.84. The minimum atomic E-state index is -0.890. The second-order valence-corrected chi connectivity index (χ2v) is 8.66. The summed E-state index contributed by atoms with van der Waals surface area (Å²) in [6.07, 6.45) is 2.15. The number of carbonyl (C=O) groups is 2. The van der Waals surface area contributed by atoms with Gasteiger partial charge in [0.1, 0.15) is 4.32 Å². The van der Waals surface area contributed by atoms with Crippen molar-refractivity contribution in [2.45, 2.75) is 12.8 Å². The molecule has 2 aromatic carbocycles. The normalized spacial score (nSPS) is 15.5. The average molecular weight is 452 g/mol. The van der Waals surface area contributed by atoms with Crippen LogP contribution < -0.4 is 0 Å². The highest BCUT2D eigenvalue weighted by Gasteiger charge is 2.31. The molecule has 28 heavy (non-hydrogen) atoms. The summed E-state index contributed by atoms with van der Waals surface area (Å²) >= 11 is 18.7. The summed E-state index contributed by atoms with van der Waals surface area (Å²) in [5.41, 5.74) is 2.66. The highest BCUT2D eigenvalue weighted by atomic mass is 35.5. The van der Waals surface area contributed by atoms with Crippen molar-refractivity contribution < 1.29 is 14.7 Å². The van der Waals surface area contributed by atoms with Crippen molar-refractivity contribution in [2.24, 2.45) is 0 Å². The summed E-state index contributed by atoms with van der Waals surface area (Å²) in [5.74, 6) is -1.09. The first-order valence-corrected chi connectivity index (χ1v) is 10.4. The molecule has 0 unspecified atom stereocenters. The lowest BCUT2D eigenvalue weighted by Crippen LogP contribution is -2.29. The molecule has 0 saturated carbocycles. The van der Waals surface area contributed by atoms with Gasteiger partial charge in [-0.05, 0) is 53.5 Å². The van der Waals surface area contributed by atoms with E-state index < -0.39 is 5.97 Å². The first kappa shape index (κ1) is 20.9. The molecule has 3 rings (SSSR count). The molecule has 0 aromatic heterocycles. The molecule has 4 nitrogen and oxygen atoms in total. The van der Waals surface area contributed by atoms with Crippen molar-refractivity contribution in [1.29, 1.82) is 0 Å². The summed E-state index contributed by atoms with van der Waals surface area (Å²) in [6.45, 7) is 0.301. The van der Waals surface area contributed by atoms with Gasteiger partial charge in [0.15, 0.2) is 0 Å². The molecule has 144 valence electrons. The Balaban J connectivity index is 1.81. The van der Waals surface area contributed by atoms with Crippen LogP contribution in [0, 0.1) is 0 Å². The van der Waals surface area contributed by atoms with E-state index in [1.54, 1.807) is 12.1 Å². The van der Waals surface area contributed by atoms with E-state index in [-0.39, 0.29) is 12.3 Å². The van der Waals surface area contributed by atoms with Gasteiger partial charge in [-0.15, -0.1) is 0 Å². The quantitative estimate of drug-likeness (QED) is 0.448. The van der Waals surface area contributed by atoms with Crippen LogP contribution in [0.2, 0.25) is 10.0 Å². The van der Waals surface area contributed by atoms with E-state index >= 15 is 0 Å². The number of aliphatic carboxylic acids is 1. The number of amides is 1. The van der Waals surface area contributed by atoms with Gasteiger partial charge in [0, 0.05) is 23.0 Å². The van der Waals surface area contributed by atoms with Crippen LogP contribution >= 0.6 is 47.2 Å². The molecule has 1 amide bonds. The molecule has 0 atom stereocenters. The van der Waals surface area contributed by atoms with E-state index in [9.17, 15) is 9.59 Å². The summed E-state index contributed by atoms with van der Waals surface area (Å²) in [4.78, 5) is 25.2. The SMILES string of the molecule is O=C(O)CCCN1C(=O)C(=Cc2cccc(-c3cc(Cl)cc(Cl)c3)c2)SC1=S. The lowest BCUT2D eigenvalue weighted by Gasteiger charge is -2.13. The van der Waals surface area contributed by atoms with E-state index in [1.165, 1.54) is 16.7 Å². The molecule has 0 bridgehead atoms. The minimum absolute atomic E-state index is 0.000345. The second kappa shape index (κ2) is 9.09. The standard InChI is InChI=1S/C20H15Cl2NO3S2/c21-15-9-14(10-16(22)11-15)13-4-1-3-12(7-13)8-17-19(26)23(20(27)28-17)6-2-5-18(24)25/h1,3-4,7-11H,2,5-6H2,(H,24,25). The van der Waals surface area contributed by atoms with Crippen LogP contribution in [0.25, 0.3) is 17.2 Å². The molecule has 1 aliphatic heterocycles. The van der Waals surface area contributed by atoms with Crippen molar-refractivity contribution in [1.82, 2.24) is 4.90 Å². The maximum Gasteiger partial charge on any atom is 0.303 e. The van der Waals surface area contributed by atoms with E-state index in [0.717, 1.165) is 16.7 Å². The van der Waals surface area contributed by atoms with Gasteiger partial charge in [-0.2, -0.15) is 0 Å². The third kappa shape index (κ3) is 5.14. The Kier molecular flexibility index (Phi) is 6.78. The van der Waals surface area contributed by atoms with Crippen molar-refractivity contribution in [3.63, 3.8) is 0 Å². The van der Waals surface area contributed by atoms with E-state index in [1.807, 2.05) is 36.4 Å². The predicted octanol–water partition coefficient (Wildman–Crippen LogP) is 5.73. The molecular formula is C20H15Cl2NO3S2. The van der Waals surface area contributed by atoms with Gasteiger partial charge in [0.05, 0.1) is 4.91 Å². The maximum absolute atomic E-state index is 12.6. The molecule has 0 aliphatic carbocycles. The molecule has 1 heterocycles. The van der Waals surface area contributed by atoms with Crippen LogP contribution in [0.4, 0.5) is 0 Å². The summed E-state index contributed by atoms with van der Waals surface area (Å²) < 4.78 is 0.444. The number of thiocarbonyl (C=S) groups is 1. The topological polar surface area (TPSA) is 57.6 Å². The van der Waals surface area contributed by atoms with Crippen molar-refractivity contribution in [3.05, 3.63) is 63.0 Å². The lowest BCUT2D eigenvalue weighted by atomic mass is 10.0. The first-order chi connectivity index (χ1) is 13.3. The molecule has 0 spiro atoms. The number of thioether (sulfide) groups is 1. The van der Waals surface area contributed by atoms with Crippen LogP contribution in [0.3, 0.4) is 0 Å². The number of benzene rings is 2. The highest BCUT2D eigenvalue weighted by Crippen LogP contribution is 2.34. The van der Waals surface area contributed by atoms with Crippen LogP contribution in [-0.2, 0) is 9.59 Å². The number of carboxylic acids is 1. The Hall–Kier alpha value is -1.86. The number of carbonyl (C=O) groups excluding carboxylic acids is 1. The molecule has 8 heteroatoms. The van der Waals surface area contributed by atoms with Gasteiger partial charge in [-0.25, -0.2) is 0 Å². The Bertz CT molecular complexity index is 971. The number of hydrogen-bond donors (Lipinski definition) is 1. The molecule has 1 aliphatic rings. The van der Waals surface area contributed by atoms with Gasteiger partial charge in [0.2, 0.25) is 0 Å². The Morgan fingerprint density at radius 3 is 2.54 bits per heavy atom. The Morgan fingerprint density at radius 2 is 1.86 bits per heavy atom. The molecule has 2 aromatic rings. The van der Waals surface area contributed by atoms with Crippen LogP contribution in [0.15, 0.2) is 47.4 Å². The van der Waals surface area contributed by atoms with Crippen molar-refractivity contribution >= 4 is 69.5 Å². The van der Waals surface area contributed by atoms with Gasteiger partial charge in [-0.3, -0.25) is 14.5 Å². The van der Waals surface area contributed by atoms with Gasteiger partial charge in [0.25, 0.3) is 5.91 Å². The van der Waals surface area contributed by atoms with E-state index in [2.05, 4.69) is 0 Å². The van der Waals surface area contributed by atoms with Crippen molar-refractivity contribution in [2.75, 3.05) is 6.54 Å². The van der Waals surface area contributed by atoms with Gasteiger partial charge in [-0.1, -0.05) is 65.4 Å². The van der Waals surface area contributed by atoms with Gasteiger partial charge < -0.3 is 5.11 Å². The van der Waals surface area contributed by atoms with E-state index in [0.29, 0.717) is 32.2 Å². The minimum Gasteiger partial charge on any atom is -0.481 e. The number of nitrogens with zero attached hydrogens (tertiary/aromatic N) is 1. The molecule has 1 N–H and O–H groups in total. The number of hydrogen-bond acceptors (Lipinski definition) is 4. The Morgan fingerprint density at radius 1 is 1.14 bits per heavy atom. The second-order valence-electron chi connectivity index (χ2n) is 6.11. The average Bonchev–Trinajstić information content (AvgIpc) is 2.88. The maximum atomic E-state index is 12.6. The number of halogens is 2. The van der Waals surface area contributed by atoms with E-state index in [4.69, 9.17) is 40.5 Å². The molecule has 1 saturated heterocycles. The molecular weight excluding hydrogens is 437 g/mol. The largest absolute Gasteiger partial charge is 0.481 e. The zero-order valence-electron chi connectivity index (χ0n) is 14.5. The van der Waals surface area contributed by atoms with Gasteiger partial charge >= 0.3 is 5.97 Å². The summed E-state index contributed by atoms with van der Waals surface area (Å²) in [5, 5.41) is 9.85. The predicted molar refractivity (Wildman–Crippen MR) is 119 cm³/mol. The Labute approximate surface area is 182 Å². The first-order valence-electron chi connectivity index (χ1n) is 8.37. The zero-order chi connectivity index (χ0) is 20.3. The van der Waals surface area contributed by atoms with Crippen LogP contribution in [-0.4, -0.2) is 32.7 Å². The summed E-state index contributed by atoms with van der Waals surface area (Å²) in [7, 11) is 0. The monoisotopic (exact) mass is 451 g/mol. The van der Waals surface area contributed by atoms with Crippen molar-refractivity contribution in [3.8, 4) is 11.1 Å². The number of rotatable bonds is 6. The fourth-order valence-electron chi connectivity index (χ4n) is 2.76. The molecule has 0 radical (unpaired) electrons. The lowest BCUT2D eigenvalue weighted by molar-refractivity contribution is -0.137.